The standard InChI is InChI=1S/C13H15NO5/c1-18-10-3-2-4-11(7-10)19-13(17)14-6-5-9(8-14)12(15)16/h2-4,7,9H,5-6,8H2,1H3,(H,15,16). The lowest BCUT2D eigenvalue weighted by Gasteiger charge is -2.15. The number of hydrogen-bond donors (Lipinski definition) is 1. The lowest BCUT2D eigenvalue weighted by molar-refractivity contribution is -0.141. The topological polar surface area (TPSA) is 76.1 Å². The van der Waals surface area contributed by atoms with E-state index in [9.17, 15) is 9.59 Å². The van der Waals surface area contributed by atoms with E-state index < -0.39 is 18.0 Å². The smallest absolute Gasteiger partial charge is 0.415 e. The monoisotopic (exact) mass is 265 g/mol. The molecule has 1 amide bonds. The normalized spacial score (nSPS) is 18.2. The molecule has 1 saturated heterocycles. The zero-order valence-corrected chi connectivity index (χ0v) is 10.5. The minimum absolute atomic E-state index is 0.193. The molecule has 1 unspecified atom stereocenters. The molecule has 1 aliphatic rings. The van der Waals surface area contributed by atoms with E-state index in [-0.39, 0.29) is 6.54 Å². The van der Waals surface area contributed by atoms with Gasteiger partial charge in [-0.25, -0.2) is 4.79 Å². The van der Waals surface area contributed by atoms with Gasteiger partial charge in [0.2, 0.25) is 0 Å². The first-order valence-electron chi connectivity index (χ1n) is 5.94. The molecule has 102 valence electrons. The van der Waals surface area contributed by atoms with E-state index in [1.54, 1.807) is 24.3 Å². The fourth-order valence-electron chi connectivity index (χ4n) is 1.96. The van der Waals surface area contributed by atoms with Gasteiger partial charge in [-0.15, -0.1) is 0 Å². The molecule has 1 aliphatic heterocycles. The van der Waals surface area contributed by atoms with Crippen LogP contribution >= 0.6 is 0 Å². The molecule has 0 aromatic heterocycles. The highest BCUT2D eigenvalue weighted by Crippen LogP contribution is 2.22. The van der Waals surface area contributed by atoms with E-state index in [0.717, 1.165) is 0 Å². The first kappa shape index (κ1) is 13.2. The number of likely N-dealkylation sites (tertiary alicyclic amines) is 1. The number of aliphatic carboxylic acids is 1. The molecule has 1 atom stereocenters. The summed E-state index contributed by atoms with van der Waals surface area (Å²) >= 11 is 0. The summed E-state index contributed by atoms with van der Waals surface area (Å²) in [6.07, 6.45) is -0.0697. The summed E-state index contributed by atoms with van der Waals surface area (Å²) in [5.41, 5.74) is 0. The zero-order chi connectivity index (χ0) is 13.8. The van der Waals surface area contributed by atoms with Gasteiger partial charge in [-0.2, -0.15) is 0 Å². The Morgan fingerprint density at radius 2 is 2.11 bits per heavy atom. The zero-order valence-electron chi connectivity index (χ0n) is 10.5. The highest BCUT2D eigenvalue weighted by atomic mass is 16.6. The van der Waals surface area contributed by atoms with Gasteiger partial charge in [0.15, 0.2) is 0 Å². The van der Waals surface area contributed by atoms with E-state index in [1.165, 1.54) is 12.0 Å². The van der Waals surface area contributed by atoms with Crippen molar-refractivity contribution in [2.24, 2.45) is 5.92 Å². The molecule has 6 heteroatoms. The third kappa shape index (κ3) is 3.15. The number of benzene rings is 1. The Labute approximate surface area is 110 Å². The second-order valence-electron chi connectivity index (χ2n) is 4.32. The number of amides is 1. The highest BCUT2D eigenvalue weighted by Gasteiger charge is 2.31. The average Bonchev–Trinajstić information content (AvgIpc) is 2.89. The fraction of sp³-hybridized carbons (Fsp3) is 0.385. The molecule has 0 spiro atoms. The van der Waals surface area contributed by atoms with Crippen LogP contribution in [0.1, 0.15) is 6.42 Å². The van der Waals surface area contributed by atoms with Gasteiger partial charge in [-0.3, -0.25) is 4.79 Å². The van der Waals surface area contributed by atoms with Crippen molar-refractivity contribution in [3.63, 3.8) is 0 Å². The number of methoxy groups -OCH3 is 1. The van der Waals surface area contributed by atoms with Gasteiger partial charge in [0.25, 0.3) is 0 Å². The van der Waals surface area contributed by atoms with Gasteiger partial charge in [0.05, 0.1) is 13.0 Å². The molecule has 0 bridgehead atoms. The van der Waals surface area contributed by atoms with Crippen molar-refractivity contribution in [2.45, 2.75) is 6.42 Å². The van der Waals surface area contributed by atoms with Crippen LogP contribution in [-0.2, 0) is 4.79 Å². The van der Waals surface area contributed by atoms with E-state index in [0.29, 0.717) is 24.5 Å². The highest BCUT2D eigenvalue weighted by molar-refractivity contribution is 5.75. The van der Waals surface area contributed by atoms with Crippen molar-refractivity contribution in [1.29, 1.82) is 0 Å². The van der Waals surface area contributed by atoms with Crippen LogP contribution in [0.5, 0.6) is 11.5 Å². The van der Waals surface area contributed by atoms with Crippen LogP contribution in [0.25, 0.3) is 0 Å². The predicted octanol–water partition coefficient (Wildman–Crippen LogP) is 1.60. The van der Waals surface area contributed by atoms with E-state index >= 15 is 0 Å². The van der Waals surface area contributed by atoms with Crippen LogP contribution in [0.15, 0.2) is 24.3 Å². The third-order valence-corrected chi connectivity index (χ3v) is 3.04. The third-order valence-electron chi connectivity index (χ3n) is 3.04. The number of carboxylic acid groups (broad SMARTS) is 1. The maximum atomic E-state index is 11.9. The number of carbonyl (C=O) groups excluding carboxylic acids is 1. The van der Waals surface area contributed by atoms with Crippen LogP contribution in [0.4, 0.5) is 4.79 Å². The van der Waals surface area contributed by atoms with Crippen LogP contribution < -0.4 is 9.47 Å². The van der Waals surface area contributed by atoms with Crippen molar-refractivity contribution in [3.05, 3.63) is 24.3 Å². The summed E-state index contributed by atoms with van der Waals surface area (Å²) < 4.78 is 10.2. The summed E-state index contributed by atoms with van der Waals surface area (Å²) in [5, 5.41) is 8.88. The van der Waals surface area contributed by atoms with E-state index in [2.05, 4.69) is 0 Å². The second kappa shape index (κ2) is 5.60. The Hall–Kier alpha value is -2.24. The Kier molecular flexibility index (Phi) is 3.89. The lowest BCUT2D eigenvalue weighted by atomic mass is 10.1. The van der Waals surface area contributed by atoms with Crippen LogP contribution in [-0.4, -0.2) is 42.3 Å². The molecular formula is C13H15NO5. The quantitative estimate of drug-likeness (QED) is 0.898. The van der Waals surface area contributed by atoms with Gasteiger partial charge >= 0.3 is 12.1 Å². The molecule has 6 nitrogen and oxygen atoms in total. The van der Waals surface area contributed by atoms with Crippen molar-refractivity contribution in [1.82, 2.24) is 4.90 Å². The largest absolute Gasteiger partial charge is 0.497 e. The number of hydrogen-bond acceptors (Lipinski definition) is 4. The molecule has 19 heavy (non-hydrogen) atoms. The van der Waals surface area contributed by atoms with E-state index in [4.69, 9.17) is 14.6 Å². The second-order valence-corrected chi connectivity index (χ2v) is 4.32. The summed E-state index contributed by atoms with van der Waals surface area (Å²) in [6.45, 7) is 0.595. The molecule has 1 N–H and O–H groups in total. The number of nitrogens with zero attached hydrogens (tertiary/aromatic N) is 1. The summed E-state index contributed by atoms with van der Waals surface area (Å²) in [6, 6.07) is 6.70. The van der Waals surface area contributed by atoms with Crippen molar-refractivity contribution in [2.75, 3.05) is 20.2 Å². The summed E-state index contributed by atoms with van der Waals surface area (Å²) in [7, 11) is 1.53. The SMILES string of the molecule is COc1cccc(OC(=O)N2CCC(C(=O)O)C2)c1. The molecule has 0 aliphatic carbocycles. The average molecular weight is 265 g/mol. The molecule has 2 rings (SSSR count). The van der Waals surface area contributed by atoms with Crippen LogP contribution in [0, 0.1) is 5.92 Å². The van der Waals surface area contributed by atoms with Crippen LogP contribution in [0.3, 0.4) is 0 Å². The Morgan fingerprint density at radius 1 is 1.37 bits per heavy atom. The predicted molar refractivity (Wildman–Crippen MR) is 66.3 cm³/mol. The van der Waals surface area contributed by atoms with Crippen molar-refractivity contribution in [3.8, 4) is 11.5 Å². The first-order chi connectivity index (χ1) is 9.10. The van der Waals surface area contributed by atoms with Crippen molar-refractivity contribution >= 4 is 12.1 Å². The summed E-state index contributed by atoms with van der Waals surface area (Å²) in [5.74, 6) is -0.409. The fourth-order valence-corrected chi connectivity index (χ4v) is 1.96. The van der Waals surface area contributed by atoms with Gasteiger partial charge in [-0.1, -0.05) is 6.07 Å². The van der Waals surface area contributed by atoms with E-state index in [1.807, 2.05) is 0 Å². The molecular weight excluding hydrogens is 250 g/mol. The Bertz CT molecular complexity index is 488. The molecule has 0 radical (unpaired) electrons. The van der Waals surface area contributed by atoms with Gasteiger partial charge in [0.1, 0.15) is 11.5 Å². The number of carbonyl (C=O) groups is 2. The first-order valence-corrected chi connectivity index (χ1v) is 5.94. The summed E-state index contributed by atoms with van der Waals surface area (Å²) in [4.78, 5) is 24.1. The Morgan fingerprint density at radius 3 is 2.74 bits per heavy atom. The number of ether oxygens (including phenoxy) is 2. The number of carboxylic acids is 1. The van der Waals surface area contributed by atoms with Gasteiger partial charge in [-0.05, 0) is 18.6 Å². The van der Waals surface area contributed by atoms with Gasteiger partial charge < -0.3 is 19.5 Å². The van der Waals surface area contributed by atoms with Gasteiger partial charge in [0, 0.05) is 19.2 Å². The number of rotatable bonds is 3. The van der Waals surface area contributed by atoms with Crippen molar-refractivity contribution < 1.29 is 24.2 Å². The minimum Gasteiger partial charge on any atom is -0.497 e. The lowest BCUT2D eigenvalue weighted by Crippen LogP contribution is -2.32. The molecule has 1 aromatic rings. The molecule has 1 fully saturated rings. The molecule has 1 heterocycles. The van der Waals surface area contributed by atoms with Crippen LogP contribution in [0.2, 0.25) is 0 Å². The Balaban J connectivity index is 1.96. The maximum Gasteiger partial charge on any atom is 0.415 e. The molecule has 0 saturated carbocycles. The molecule has 1 aromatic carbocycles. The maximum absolute atomic E-state index is 11.9. The minimum atomic E-state index is -0.878.